The summed E-state index contributed by atoms with van der Waals surface area (Å²) in [6.45, 7) is 7.95. The molecule has 0 aliphatic carbocycles. The van der Waals surface area contributed by atoms with E-state index < -0.39 is 43.5 Å². The third-order valence-corrected chi connectivity index (χ3v) is 6.37. The summed E-state index contributed by atoms with van der Waals surface area (Å²) < 4.78 is 89.3. The number of carbonyl (C=O) groups excluding carboxylic acids is 1. The van der Waals surface area contributed by atoms with Crippen molar-refractivity contribution >= 4 is 26.2 Å². The maximum Gasteiger partial charge on any atom is 0.405 e. The van der Waals surface area contributed by atoms with Crippen LogP contribution >= 0.6 is 0 Å². The van der Waals surface area contributed by atoms with Gasteiger partial charge in [-0.15, -0.1) is 0 Å². The maximum atomic E-state index is 12.9. The van der Waals surface area contributed by atoms with Gasteiger partial charge in [-0.2, -0.15) is 25.6 Å². The van der Waals surface area contributed by atoms with E-state index in [4.69, 9.17) is 9.11 Å². The summed E-state index contributed by atoms with van der Waals surface area (Å²) in [4.78, 5) is 11.1. The molecule has 0 bridgehead atoms. The van der Waals surface area contributed by atoms with Crippen LogP contribution in [-0.4, -0.2) is 43.3 Å². The van der Waals surface area contributed by atoms with Crippen LogP contribution < -0.4 is 0 Å². The van der Waals surface area contributed by atoms with E-state index in [2.05, 4.69) is 18.6 Å². The van der Waals surface area contributed by atoms with Gasteiger partial charge in [-0.25, -0.2) is 0 Å². The Balaban J connectivity index is 0.000000564. The molecule has 0 aliphatic rings. The minimum Gasteiger partial charge on any atom is -0.455 e. The molecule has 2 N–H and O–H groups in total. The lowest BCUT2D eigenvalue weighted by atomic mass is 9.99. The Labute approximate surface area is 176 Å². The number of halogens is 2. The molecule has 0 radical (unpaired) electrons. The zero-order valence-corrected chi connectivity index (χ0v) is 19.0. The van der Waals surface area contributed by atoms with Crippen molar-refractivity contribution in [2.75, 3.05) is 0 Å². The van der Waals surface area contributed by atoms with E-state index in [0.717, 1.165) is 12.0 Å². The zero-order valence-electron chi connectivity index (χ0n) is 17.4. The van der Waals surface area contributed by atoms with E-state index in [-0.39, 0.29) is 4.90 Å². The average molecular weight is 475 g/mol. The van der Waals surface area contributed by atoms with E-state index in [1.165, 1.54) is 19.1 Å². The Morgan fingerprint density at radius 1 is 1.00 bits per heavy atom. The molecule has 3 atom stereocenters. The van der Waals surface area contributed by atoms with Crippen molar-refractivity contribution in [3.63, 3.8) is 0 Å². The number of esters is 1. The molecule has 1 rings (SSSR count). The van der Waals surface area contributed by atoms with Crippen LogP contribution in [0.4, 0.5) is 8.78 Å². The van der Waals surface area contributed by atoms with Gasteiger partial charge in [0.2, 0.25) is 0 Å². The van der Waals surface area contributed by atoms with Gasteiger partial charge in [-0.05, 0) is 43.4 Å². The molecule has 0 aromatic heterocycles. The van der Waals surface area contributed by atoms with Crippen LogP contribution in [-0.2, 0) is 29.8 Å². The number of rotatable bonds is 8. The number of alkyl halides is 2. The molecule has 8 nitrogen and oxygen atoms in total. The fourth-order valence-electron chi connectivity index (χ4n) is 1.94. The minimum absolute atomic E-state index is 0.0513. The molecule has 30 heavy (non-hydrogen) atoms. The minimum atomic E-state index is -5.59. The van der Waals surface area contributed by atoms with Gasteiger partial charge < -0.3 is 4.74 Å². The first kappa shape index (κ1) is 28.4. The third kappa shape index (κ3) is 8.25. The van der Waals surface area contributed by atoms with Crippen molar-refractivity contribution in [2.24, 2.45) is 5.92 Å². The standard InChI is InChI=1S/C10H14O3S.C8H14F2O5S/c1-3-8(2)9-4-6-10(7-5-9)14(11,12)13;1-4-5(2)7(11)15-6(3)8(9,10)16(12,13)14/h4-8H,3H2,1-2H3,(H,11,12,13);5-6H,4H2,1-3H3,(H,12,13,14). The lowest BCUT2D eigenvalue weighted by Gasteiger charge is -2.22. The number of carbonyl (C=O) groups is 1. The normalized spacial score (nSPS) is 15.4. The second-order valence-corrected chi connectivity index (χ2v) is 9.69. The summed E-state index contributed by atoms with van der Waals surface area (Å²) in [5.74, 6) is -1.14. The van der Waals surface area contributed by atoms with Crippen molar-refractivity contribution in [1.29, 1.82) is 0 Å². The highest BCUT2D eigenvalue weighted by molar-refractivity contribution is 7.87. The van der Waals surface area contributed by atoms with Crippen molar-refractivity contribution in [3.05, 3.63) is 29.8 Å². The maximum absolute atomic E-state index is 12.9. The Kier molecular flexibility index (Phi) is 10.5. The first-order valence-electron chi connectivity index (χ1n) is 9.11. The van der Waals surface area contributed by atoms with Crippen molar-refractivity contribution in [3.8, 4) is 0 Å². The quantitative estimate of drug-likeness (QED) is 0.428. The summed E-state index contributed by atoms with van der Waals surface area (Å²) in [7, 11) is -9.64. The molecule has 0 aliphatic heterocycles. The number of hydrogen-bond acceptors (Lipinski definition) is 6. The third-order valence-electron chi connectivity index (χ3n) is 4.48. The van der Waals surface area contributed by atoms with Crippen LogP contribution in [0, 0.1) is 5.92 Å². The van der Waals surface area contributed by atoms with Crippen molar-refractivity contribution in [2.45, 2.75) is 69.6 Å². The van der Waals surface area contributed by atoms with E-state index in [9.17, 15) is 30.4 Å². The summed E-state index contributed by atoms with van der Waals surface area (Å²) in [5, 5.41) is -4.50. The predicted molar refractivity (Wildman–Crippen MR) is 106 cm³/mol. The Morgan fingerprint density at radius 3 is 1.80 bits per heavy atom. The monoisotopic (exact) mass is 474 g/mol. The highest BCUT2D eigenvalue weighted by atomic mass is 32.2. The summed E-state index contributed by atoms with van der Waals surface area (Å²) >= 11 is 0. The van der Waals surface area contributed by atoms with Crippen LogP contribution in [0.5, 0.6) is 0 Å². The average Bonchev–Trinajstić information content (AvgIpc) is 2.65. The van der Waals surface area contributed by atoms with Gasteiger partial charge in [-0.3, -0.25) is 13.9 Å². The highest BCUT2D eigenvalue weighted by Gasteiger charge is 2.52. The molecule has 0 saturated carbocycles. The van der Waals surface area contributed by atoms with Crippen molar-refractivity contribution in [1.82, 2.24) is 0 Å². The molecule has 0 heterocycles. The largest absolute Gasteiger partial charge is 0.455 e. The van der Waals surface area contributed by atoms with Crippen LogP contribution in [0.1, 0.15) is 58.9 Å². The van der Waals surface area contributed by atoms with Gasteiger partial charge in [0.1, 0.15) is 0 Å². The van der Waals surface area contributed by atoms with Gasteiger partial charge >= 0.3 is 21.3 Å². The van der Waals surface area contributed by atoms with E-state index in [1.54, 1.807) is 19.1 Å². The molecule has 0 spiro atoms. The fourth-order valence-corrected chi connectivity index (χ4v) is 2.89. The summed E-state index contributed by atoms with van der Waals surface area (Å²) in [5.41, 5.74) is 1.08. The Bertz CT molecular complexity index is 897. The molecule has 1 aromatic carbocycles. The Hall–Kier alpha value is -1.63. The van der Waals surface area contributed by atoms with Crippen LogP contribution in [0.3, 0.4) is 0 Å². The van der Waals surface area contributed by atoms with Crippen molar-refractivity contribution < 1.29 is 44.3 Å². The number of hydrogen-bond donors (Lipinski definition) is 2. The first-order chi connectivity index (χ1) is 13.5. The molecule has 0 saturated heterocycles. The number of ether oxygens (including phenoxy) is 1. The first-order valence-corrected chi connectivity index (χ1v) is 12.0. The molecular formula is C18H28F2O8S2. The predicted octanol–water partition coefficient (Wildman–Crippen LogP) is 3.89. The van der Waals surface area contributed by atoms with Gasteiger partial charge in [0.15, 0.2) is 6.10 Å². The highest BCUT2D eigenvalue weighted by Crippen LogP contribution is 2.27. The molecule has 12 heteroatoms. The SMILES string of the molecule is CCC(C)C(=O)OC(C)C(F)(F)S(=O)(=O)O.CCC(C)c1ccc(S(=O)(=O)O)cc1. The summed E-state index contributed by atoms with van der Waals surface area (Å²) in [6.07, 6.45) is -0.849. The van der Waals surface area contributed by atoms with Crippen LogP contribution in [0.2, 0.25) is 0 Å². The molecule has 0 amide bonds. The van der Waals surface area contributed by atoms with E-state index >= 15 is 0 Å². The smallest absolute Gasteiger partial charge is 0.405 e. The van der Waals surface area contributed by atoms with E-state index in [1.807, 2.05) is 0 Å². The van der Waals surface area contributed by atoms with Gasteiger partial charge in [0.25, 0.3) is 10.1 Å². The summed E-state index contributed by atoms with van der Waals surface area (Å²) in [6, 6.07) is 6.32. The second kappa shape index (κ2) is 11.1. The number of benzene rings is 1. The van der Waals surface area contributed by atoms with Gasteiger partial charge in [0, 0.05) is 0 Å². The molecule has 3 unspecified atom stereocenters. The van der Waals surface area contributed by atoms with Gasteiger partial charge in [-0.1, -0.05) is 39.8 Å². The topological polar surface area (TPSA) is 135 Å². The lowest BCUT2D eigenvalue weighted by molar-refractivity contribution is -0.163. The van der Waals surface area contributed by atoms with Crippen LogP contribution in [0.25, 0.3) is 0 Å². The lowest BCUT2D eigenvalue weighted by Crippen LogP contribution is -2.42. The van der Waals surface area contributed by atoms with Crippen LogP contribution in [0.15, 0.2) is 29.2 Å². The van der Waals surface area contributed by atoms with E-state index in [0.29, 0.717) is 19.3 Å². The molecule has 174 valence electrons. The molecule has 0 fully saturated rings. The molecule has 1 aromatic rings. The zero-order chi connectivity index (χ0) is 23.9. The second-order valence-electron chi connectivity index (χ2n) is 6.78. The fraction of sp³-hybridized carbons (Fsp3) is 0.611. The molecular weight excluding hydrogens is 446 g/mol. The van der Waals surface area contributed by atoms with Gasteiger partial charge in [0.05, 0.1) is 10.8 Å². The Morgan fingerprint density at radius 2 is 1.47 bits per heavy atom.